The number of hydrogen-bond donors (Lipinski definition) is 0. The van der Waals surface area contributed by atoms with Crippen molar-refractivity contribution in [2.45, 2.75) is 69.1 Å². The quantitative estimate of drug-likeness (QED) is 0.741. The summed E-state index contributed by atoms with van der Waals surface area (Å²) in [7, 11) is 0. The molecule has 4 nitrogen and oxygen atoms in total. The zero-order valence-corrected chi connectivity index (χ0v) is 16.6. The van der Waals surface area contributed by atoms with E-state index >= 15 is 0 Å². The smallest absolute Gasteiger partial charge is 0.410 e. The lowest BCUT2D eigenvalue weighted by molar-refractivity contribution is 0.102. The lowest BCUT2D eigenvalue weighted by Crippen LogP contribution is -2.36. The van der Waals surface area contributed by atoms with Crippen LogP contribution in [0.5, 0.6) is 0 Å². The molecule has 2 fully saturated rings. The highest BCUT2D eigenvalue weighted by Gasteiger charge is 2.51. The molecule has 1 aromatic carbocycles. The van der Waals surface area contributed by atoms with Crippen LogP contribution in [-0.2, 0) is 28.9 Å². The van der Waals surface area contributed by atoms with E-state index in [1.807, 2.05) is 13.0 Å². The molecule has 26 heavy (non-hydrogen) atoms. The first-order valence-corrected chi connectivity index (χ1v) is 11.2. The van der Waals surface area contributed by atoms with Crippen molar-refractivity contribution < 1.29 is 14.1 Å². The van der Waals surface area contributed by atoms with Gasteiger partial charge in [0.2, 0.25) is 0 Å². The Hall–Kier alpha value is -1.20. The molecule has 1 heterocycles. The van der Waals surface area contributed by atoms with Gasteiger partial charge in [0.1, 0.15) is 5.25 Å². The number of hydrogen-bond acceptors (Lipinski definition) is 3. The van der Waals surface area contributed by atoms with Crippen LogP contribution in [0.25, 0.3) is 0 Å². The highest BCUT2D eigenvalue weighted by Crippen LogP contribution is 2.57. The Bertz CT molecular complexity index is 688. The number of nitrogens with zero attached hydrogens (tertiary/aromatic N) is 1. The van der Waals surface area contributed by atoms with Crippen LogP contribution in [-0.4, -0.2) is 33.9 Å². The van der Waals surface area contributed by atoms with Gasteiger partial charge in [-0.25, -0.2) is 4.79 Å². The SMILES string of the molecule is CCOC(=O)N1CCc2ccc([S+]([O-])C3CC4(CCC4)CC3C)cc2C1. The van der Waals surface area contributed by atoms with Crippen molar-refractivity contribution >= 4 is 17.3 Å². The average molecular weight is 376 g/mol. The molecule has 1 aromatic rings. The first-order valence-electron chi connectivity index (χ1n) is 9.95. The number of ether oxygens (including phenoxy) is 1. The van der Waals surface area contributed by atoms with E-state index < -0.39 is 11.2 Å². The summed E-state index contributed by atoms with van der Waals surface area (Å²) < 4.78 is 18.4. The number of carbonyl (C=O) groups excluding carboxylic acids is 1. The van der Waals surface area contributed by atoms with Crippen molar-refractivity contribution in [3.63, 3.8) is 0 Å². The van der Waals surface area contributed by atoms with E-state index in [0.29, 0.717) is 31.0 Å². The van der Waals surface area contributed by atoms with Crippen molar-refractivity contribution in [1.29, 1.82) is 0 Å². The van der Waals surface area contributed by atoms with E-state index in [1.54, 1.807) is 4.90 Å². The molecule has 1 amide bonds. The molecule has 142 valence electrons. The maximum Gasteiger partial charge on any atom is 0.410 e. The summed E-state index contributed by atoms with van der Waals surface area (Å²) in [6, 6.07) is 6.24. The molecule has 2 aliphatic carbocycles. The van der Waals surface area contributed by atoms with Gasteiger partial charge >= 0.3 is 6.09 Å². The Balaban J connectivity index is 1.50. The fraction of sp³-hybridized carbons (Fsp3) is 0.667. The summed E-state index contributed by atoms with van der Waals surface area (Å²) in [5.74, 6) is 0.531. The molecule has 5 heteroatoms. The average Bonchev–Trinajstić information content (AvgIpc) is 2.98. The van der Waals surface area contributed by atoms with Crippen LogP contribution in [0.1, 0.15) is 57.1 Å². The number of fused-ring (bicyclic) bond motifs is 1. The van der Waals surface area contributed by atoms with Gasteiger partial charge in [0, 0.05) is 25.4 Å². The third kappa shape index (κ3) is 3.24. The Morgan fingerprint density at radius 3 is 2.81 bits per heavy atom. The highest BCUT2D eigenvalue weighted by molar-refractivity contribution is 7.92. The molecule has 0 radical (unpaired) electrons. The molecular weight excluding hydrogens is 346 g/mol. The van der Waals surface area contributed by atoms with Gasteiger partial charge in [0.05, 0.1) is 6.61 Å². The van der Waals surface area contributed by atoms with Crippen molar-refractivity contribution in [2.24, 2.45) is 11.3 Å². The van der Waals surface area contributed by atoms with Crippen LogP contribution >= 0.6 is 0 Å². The van der Waals surface area contributed by atoms with Crippen LogP contribution in [0.4, 0.5) is 4.79 Å². The second kappa shape index (κ2) is 7.08. The Morgan fingerprint density at radius 2 is 2.15 bits per heavy atom. The molecular formula is C21H29NO3S. The van der Waals surface area contributed by atoms with Gasteiger partial charge in [-0.1, -0.05) is 19.4 Å². The predicted octanol–water partition coefficient (Wildman–Crippen LogP) is 4.28. The molecule has 0 N–H and O–H groups in total. The molecule has 1 aliphatic heterocycles. The van der Waals surface area contributed by atoms with Crippen molar-refractivity contribution in [2.75, 3.05) is 13.2 Å². The molecule has 0 bridgehead atoms. The molecule has 0 aromatic heterocycles. The summed E-state index contributed by atoms with van der Waals surface area (Å²) in [6.45, 7) is 5.75. The van der Waals surface area contributed by atoms with Gasteiger partial charge in [-0.2, -0.15) is 0 Å². The molecule has 0 saturated heterocycles. The number of benzene rings is 1. The summed E-state index contributed by atoms with van der Waals surface area (Å²) >= 11 is -0.961. The normalized spacial score (nSPS) is 27.7. The topological polar surface area (TPSA) is 52.6 Å². The monoisotopic (exact) mass is 375 g/mol. The van der Waals surface area contributed by atoms with E-state index in [0.717, 1.165) is 23.3 Å². The van der Waals surface area contributed by atoms with Crippen molar-refractivity contribution in [3.05, 3.63) is 29.3 Å². The van der Waals surface area contributed by atoms with Crippen LogP contribution in [0.2, 0.25) is 0 Å². The summed E-state index contributed by atoms with van der Waals surface area (Å²) in [5.41, 5.74) is 2.88. The van der Waals surface area contributed by atoms with Crippen molar-refractivity contribution in [3.8, 4) is 0 Å². The fourth-order valence-corrected chi connectivity index (χ4v) is 6.93. The minimum Gasteiger partial charge on any atom is -0.611 e. The lowest BCUT2D eigenvalue weighted by atomic mass is 9.67. The molecule has 4 rings (SSSR count). The van der Waals surface area contributed by atoms with Crippen molar-refractivity contribution in [1.82, 2.24) is 4.90 Å². The van der Waals surface area contributed by atoms with Gasteiger partial charge in [-0.3, -0.25) is 0 Å². The van der Waals surface area contributed by atoms with Crippen LogP contribution < -0.4 is 0 Å². The van der Waals surface area contributed by atoms with E-state index in [9.17, 15) is 9.35 Å². The summed E-state index contributed by atoms with van der Waals surface area (Å²) in [5, 5.41) is 0.276. The maximum atomic E-state index is 13.3. The van der Waals surface area contributed by atoms with E-state index in [1.165, 1.54) is 31.2 Å². The first-order chi connectivity index (χ1) is 12.5. The first kappa shape index (κ1) is 18.2. The highest BCUT2D eigenvalue weighted by atomic mass is 32.2. The van der Waals surface area contributed by atoms with E-state index in [4.69, 9.17) is 4.74 Å². The maximum absolute atomic E-state index is 13.3. The minimum absolute atomic E-state index is 0.249. The lowest BCUT2D eigenvalue weighted by Gasteiger charge is -2.38. The number of carbonyl (C=O) groups is 1. The third-order valence-electron chi connectivity index (χ3n) is 6.66. The van der Waals surface area contributed by atoms with Gasteiger partial charge in [0.25, 0.3) is 0 Å². The Kier molecular flexibility index (Phi) is 4.95. The largest absolute Gasteiger partial charge is 0.611 e. The number of rotatable bonds is 3. The fourth-order valence-electron chi connectivity index (χ4n) is 5.10. The van der Waals surface area contributed by atoms with Crippen LogP contribution in [0, 0.1) is 11.3 Å². The predicted molar refractivity (Wildman–Crippen MR) is 102 cm³/mol. The van der Waals surface area contributed by atoms with Gasteiger partial charge in [0.15, 0.2) is 4.90 Å². The second-order valence-corrected chi connectivity index (χ2v) is 10.0. The summed E-state index contributed by atoms with van der Waals surface area (Å²) in [6.07, 6.45) is 6.94. The molecule has 3 atom stereocenters. The zero-order valence-electron chi connectivity index (χ0n) is 15.8. The molecule has 3 unspecified atom stereocenters. The number of amides is 1. The Morgan fingerprint density at radius 1 is 1.35 bits per heavy atom. The zero-order chi connectivity index (χ0) is 18.3. The van der Waals surface area contributed by atoms with Gasteiger partial charge in [-0.05, 0) is 72.5 Å². The standard InChI is InChI=1S/C21H29NO3S/c1-3-25-20(23)22-10-7-16-5-6-18(11-17(16)14-22)26(24)19-13-21(8-4-9-21)12-15(19)2/h5-6,11,15,19H,3-4,7-10,12-14H2,1-2H3. The minimum atomic E-state index is -0.961. The molecule has 2 saturated carbocycles. The van der Waals surface area contributed by atoms with E-state index in [2.05, 4.69) is 19.1 Å². The second-order valence-electron chi connectivity index (χ2n) is 8.38. The molecule has 3 aliphatic rings. The van der Waals surface area contributed by atoms with E-state index in [-0.39, 0.29) is 11.3 Å². The van der Waals surface area contributed by atoms with Crippen LogP contribution in [0.3, 0.4) is 0 Å². The van der Waals surface area contributed by atoms with Gasteiger partial charge in [-0.15, -0.1) is 0 Å². The Labute approximate surface area is 159 Å². The van der Waals surface area contributed by atoms with Gasteiger partial charge < -0.3 is 14.2 Å². The molecule has 1 spiro atoms. The van der Waals surface area contributed by atoms with Crippen LogP contribution in [0.15, 0.2) is 23.1 Å². The third-order valence-corrected chi connectivity index (χ3v) is 8.56. The summed E-state index contributed by atoms with van der Waals surface area (Å²) in [4.78, 5) is 14.7.